The van der Waals surface area contributed by atoms with E-state index in [1.807, 2.05) is 95.4 Å². The van der Waals surface area contributed by atoms with Crippen LogP contribution in [-0.2, 0) is 6.61 Å². The van der Waals surface area contributed by atoms with E-state index in [-0.39, 0.29) is 5.75 Å². The number of fused-ring (bicyclic) bond motifs is 3. The molecule has 2 heterocycles. The Bertz CT molecular complexity index is 1680. The van der Waals surface area contributed by atoms with Crippen molar-refractivity contribution in [2.24, 2.45) is 0 Å². The molecule has 6 aromatic rings. The molecule has 0 fully saturated rings. The lowest BCUT2D eigenvalue weighted by Gasteiger charge is -2.16. The minimum Gasteiger partial charge on any atom is -0.507 e. The molecule has 0 radical (unpaired) electrons. The normalized spacial score (nSPS) is 11.1. The zero-order valence-electron chi connectivity index (χ0n) is 19.6. The highest BCUT2D eigenvalue weighted by Gasteiger charge is 2.19. The van der Waals surface area contributed by atoms with Crippen molar-refractivity contribution >= 4 is 16.8 Å². The first-order valence-electron chi connectivity index (χ1n) is 11.6. The van der Waals surface area contributed by atoms with Gasteiger partial charge in [-0.25, -0.2) is 9.97 Å². The number of rotatable bonds is 6. The summed E-state index contributed by atoms with van der Waals surface area (Å²) in [5.41, 5.74) is 6.07. The number of methoxy groups -OCH3 is 1. The molecule has 6 rings (SSSR count). The number of benzene rings is 4. The van der Waals surface area contributed by atoms with Crippen LogP contribution in [0.25, 0.3) is 39.2 Å². The van der Waals surface area contributed by atoms with Crippen molar-refractivity contribution in [1.82, 2.24) is 14.4 Å². The molecule has 176 valence electrons. The van der Waals surface area contributed by atoms with Crippen molar-refractivity contribution < 1.29 is 14.6 Å². The number of hydrogen-bond acceptors (Lipinski definition) is 5. The first-order chi connectivity index (χ1) is 17.7. The molecular weight excluding hydrogens is 450 g/mol. The molecular formula is C30H23N3O3. The second-order valence-electron chi connectivity index (χ2n) is 8.44. The van der Waals surface area contributed by atoms with Gasteiger partial charge in [0.1, 0.15) is 23.9 Å². The summed E-state index contributed by atoms with van der Waals surface area (Å²) in [6.07, 6.45) is 1.80. The number of aromatic hydroxyl groups is 1. The number of phenols is 1. The molecule has 0 amide bonds. The third-order valence-corrected chi connectivity index (χ3v) is 6.20. The number of nitrogens with zero attached hydrogens (tertiary/aromatic N) is 3. The molecule has 0 atom stereocenters. The van der Waals surface area contributed by atoms with Gasteiger partial charge in [0.25, 0.3) is 0 Å². The molecule has 0 saturated carbocycles. The molecule has 36 heavy (non-hydrogen) atoms. The van der Waals surface area contributed by atoms with Gasteiger partial charge in [-0.3, -0.25) is 4.40 Å². The van der Waals surface area contributed by atoms with Crippen molar-refractivity contribution in [2.45, 2.75) is 6.61 Å². The fourth-order valence-electron chi connectivity index (χ4n) is 4.41. The quantitative estimate of drug-likeness (QED) is 0.299. The highest BCUT2D eigenvalue weighted by Crippen LogP contribution is 2.40. The minimum absolute atomic E-state index is 0.112. The SMILES string of the molecule is COc1ccc(-c2cnc3nc4ccccc4n3c2-c2ccc(OCc3ccccc3)cc2O)cc1. The van der Waals surface area contributed by atoms with Gasteiger partial charge >= 0.3 is 0 Å². The van der Waals surface area contributed by atoms with Gasteiger partial charge in [-0.05, 0) is 47.5 Å². The van der Waals surface area contributed by atoms with Crippen LogP contribution in [0.2, 0.25) is 0 Å². The molecule has 0 spiro atoms. The molecule has 6 heteroatoms. The Labute approximate surface area is 208 Å². The van der Waals surface area contributed by atoms with Crippen LogP contribution >= 0.6 is 0 Å². The summed E-state index contributed by atoms with van der Waals surface area (Å²) >= 11 is 0. The lowest BCUT2D eigenvalue weighted by molar-refractivity contribution is 0.304. The largest absolute Gasteiger partial charge is 0.507 e. The smallest absolute Gasteiger partial charge is 0.235 e. The predicted octanol–water partition coefficient (Wildman–Crippen LogP) is 6.51. The molecule has 0 aliphatic carbocycles. The van der Waals surface area contributed by atoms with Crippen molar-refractivity contribution in [3.05, 3.63) is 109 Å². The van der Waals surface area contributed by atoms with Crippen LogP contribution < -0.4 is 9.47 Å². The molecule has 6 nitrogen and oxygen atoms in total. The number of hydrogen-bond donors (Lipinski definition) is 1. The molecule has 2 aromatic heterocycles. The maximum Gasteiger partial charge on any atom is 0.235 e. The zero-order chi connectivity index (χ0) is 24.5. The highest BCUT2D eigenvalue weighted by molar-refractivity contribution is 5.90. The van der Waals surface area contributed by atoms with Crippen molar-refractivity contribution in [1.29, 1.82) is 0 Å². The molecule has 0 saturated heterocycles. The van der Waals surface area contributed by atoms with Crippen LogP contribution in [0, 0.1) is 0 Å². The van der Waals surface area contributed by atoms with E-state index in [0.29, 0.717) is 23.7 Å². The second-order valence-corrected chi connectivity index (χ2v) is 8.44. The van der Waals surface area contributed by atoms with Crippen molar-refractivity contribution in [2.75, 3.05) is 7.11 Å². The van der Waals surface area contributed by atoms with Gasteiger partial charge in [0.2, 0.25) is 5.78 Å². The first kappa shape index (κ1) is 21.7. The van der Waals surface area contributed by atoms with E-state index in [4.69, 9.17) is 14.5 Å². The Hall–Kier alpha value is -4.84. The number of para-hydroxylation sites is 2. The Balaban J connectivity index is 1.51. The topological polar surface area (TPSA) is 68.9 Å². The Morgan fingerprint density at radius 1 is 0.806 bits per heavy atom. The summed E-state index contributed by atoms with van der Waals surface area (Å²) in [6.45, 7) is 0.419. The fraction of sp³-hybridized carbons (Fsp3) is 0.0667. The van der Waals surface area contributed by atoms with Crippen LogP contribution in [0.3, 0.4) is 0 Å². The van der Waals surface area contributed by atoms with Gasteiger partial charge in [0.15, 0.2) is 0 Å². The predicted molar refractivity (Wildman–Crippen MR) is 140 cm³/mol. The van der Waals surface area contributed by atoms with Gasteiger partial charge in [0, 0.05) is 23.4 Å². The molecule has 4 aromatic carbocycles. The Morgan fingerprint density at radius 3 is 2.33 bits per heavy atom. The monoisotopic (exact) mass is 473 g/mol. The maximum atomic E-state index is 11.2. The van der Waals surface area contributed by atoms with E-state index >= 15 is 0 Å². The molecule has 0 bridgehead atoms. The van der Waals surface area contributed by atoms with E-state index in [2.05, 4.69) is 4.98 Å². The average molecular weight is 474 g/mol. The third kappa shape index (κ3) is 3.88. The third-order valence-electron chi connectivity index (χ3n) is 6.20. The lowest BCUT2D eigenvalue weighted by atomic mass is 9.99. The van der Waals surface area contributed by atoms with Gasteiger partial charge in [0.05, 0.1) is 23.8 Å². The van der Waals surface area contributed by atoms with E-state index in [1.165, 1.54) is 0 Å². The van der Waals surface area contributed by atoms with Gasteiger partial charge < -0.3 is 14.6 Å². The molecule has 0 aliphatic rings. The van der Waals surface area contributed by atoms with Gasteiger partial charge in [-0.1, -0.05) is 54.6 Å². The van der Waals surface area contributed by atoms with Crippen LogP contribution in [0.5, 0.6) is 17.2 Å². The summed E-state index contributed by atoms with van der Waals surface area (Å²) in [6, 6.07) is 31.0. The number of imidazole rings is 1. The van der Waals surface area contributed by atoms with Crippen LogP contribution in [0.4, 0.5) is 0 Å². The zero-order valence-corrected chi connectivity index (χ0v) is 19.6. The summed E-state index contributed by atoms with van der Waals surface area (Å²) in [4.78, 5) is 9.35. The summed E-state index contributed by atoms with van der Waals surface area (Å²) in [5.74, 6) is 2.03. The average Bonchev–Trinajstić information content (AvgIpc) is 3.31. The Morgan fingerprint density at radius 2 is 1.56 bits per heavy atom. The van der Waals surface area contributed by atoms with E-state index < -0.39 is 0 Å². The van der Waals surface area contributed by atoms with E-state index in [9.17, 15) is 5.11 Å². The van der Waals surface area contributed by atoms with Crippen LogP contribution in [-0.4, -0.2) is 26.6 Å². The molecule has 0 aliphatic heterocycles. The first-order valence-corrected chi connectivity index (χ1v) is 11.6. The number of aromatic nitrogens is 3. The molecule has 1 N–H and O–H groups in total. The van der Waals surface area contributed by atoms with Gasteiger partial charge in [-0.15, -0.1) is 0 Å². The van der Waals surface area contributed by atoms with Crippen LogP contribution in [0.1, 0.15) is 5.56 Å². The fourth-order valence-corrected chi connectivity index (χ4v) is 4.41. The standard InChI is InChI=1S/C30H23N3O3/c1-35-22-13-11-21(12-14-22)25-18-31-30-32-26-9-5-6-10-27(26)33(30)29(25)24-16-15-23(17-28(24)34)36-19-20-7-3-2-4-8-20/h2-18,34H,19H2,1H3. The number of ether oxygens (including phenoxy) is 2. The summed E-state index contributed by atoms with van der Waals surface area (Å²) < 4.78 is 13.3. The Kier molecular flexibility index (Phi) is 5.46. The minimum atomic E-state index is 0.112. The second kappa shape index (κ2) is 9.07. The maximum absolute atomic E-state index is 11.2. The molecule has 0 unspecified atom stereocenters. The van der Waals surface area contributed by atoms with E-state index in [1.54, 1.807) is 19.4 Å². The highest BCUT2D eigenvalue weighted by atomic mass is 16.5. The van der Waals surface area contributed by atoms with Gasteiger partial charge in [-0.2, -0.15) is 0 Å². The van der Waals surface area contributed by atoms with E-state index in [0.717, 1.165) is 39.2 Å². The summed E-state index contributed by atoms with van der Waals surface area (Å²) in [5, 5.41) is 11.2. The summed E-state index contributed by atoms with van der Waals surface area (Å²) in [7, 11) is 1.64. The number of phenolic OH excluding ortho intramolecular Hbond substituents is 1. The van der Waals surface area contributed by atoms with Crippen molar-refractivity contribution in [3.63, 3.8) is 0 Å². The van der Waals surface area contributed by atoms with Crippen molar-refractivity contribution in [3.8, 4) is 39.6 Å². The lowest BCUT2D eigenvalue weighted by Crippen LogP contribution is -2.00. The van der Waals surface area contributed by atoms with Crippen LogP contribution in [0.15, 0.2) is 103 Å².